The molecule has 3 heterocycles. The largest absolute Gasteiger partial charge is 0.374 e. The molecule has 0 amide bonds. The van der Waals surface area contributed by atoms with Crippen molar-refractivity contribution in [2.24, 2.45) is 0 Å². The zero-order valence-corrected chi connectivity index (χ0v) is 18.8. The van der Waals surface area contributed by atoms with Gasteiger partial charge in [0.1, 0.15) is 0 Å². The molecule has 2 aliphatic heterocycles. The molecule has 6 heteroatoms. The molecular weight excluding hydrogens is 386 g/mol. The maximum atomic E-state index is 5.80. The molecule has 0 radical (unpaired) electrons. The summed E-state index contributed by atoms with van der Waals surface area (Å²) in [7, 11) is 1.94. The number of aryl methyl sites for hydroxylation is 1. The van der Waals surface area contributed by atoms with Crippen molar-refractivity contribution in [3.8, 4) is 0 Å². The summed E-state index contributed by atoms with van der Waals surface area (Å²) in [6.45, 7) is 9.03. The van der Waals surface area contributed by atoms with Crippen LogP contribution in [0.2, 0.25) is 0 Å². The lowest BCUT2D eigenvalue weighted by atomic mass is 9.98. The molecule has 2 aliphatic rings. The molecular formula is C25H31N5O. The van der Waals surface area contributed by atoms with Crippen molar-refractivity contribution in [3.05, 3.63) is 58.8 Å². The van der Waals surface area contributed by atoms with Gasteiger partial charge in [0.2, 0.25) is 0 Å². The van der Waals surface area contributed by atoms with Gasteiger partial charge in [0.25, 0.3) is 0 Å². The third kappa shape index (κ3) is 3.64. The van der Waals surface area contributed by atoms with Crippen LogP contribution in [0, 0.1) is 13.8 Å². The normalized spacial score (nSPS) is 21.1. The minimum absolute atomic E-state index is 0.132. The van der Waals surface area contributed by atoms with Gasteiger partial charge >= 0.3 is 0 Å². The van der Waals surface area contributed by atoms with Crippen molar-refractivity contribution >= 4 is 22.3 Å². The predicted octanol–water partition coefficient (Wildman–Crippen LogP) is 4.12. The number of fused-ring (bicyclic) bond motifs is 3. The number of nitrogens with one attached hydrogen (secondary N) is 2. The summed E-state index contributed by atoms with van der Waals surface area (Å²) in [5, 5.41) is 18.3. The summed E-state index contributed by atoms with van der Waals surface area (Å²) in [5.74, 6) is 0.839. The standard InChI is InChI=1S/C25H31N5O/c1-15-6-5-7-21(16(15)2)17(3)27-25-23-11-18(30-13-20-10-19(30)14-31-20)8-9-22(23)24(12-26-4)28-29-25/h5-9,11,17,19-20,26H,10,12-14H2,1-4H3,(H,27,29)/t17-,19-,20-/m1/s1. The molecule has 6 nitrogen and oxygen atoms in total. The van der Waals surface area contributed by atoms with Crippen molar-refractivity contribution in [3.63, 3.8) is 0 Å². The first-order valence-corrected chi connectivity index (χ1v) is 11.2. The lowest BCUT2D eigenvalue weighted by Crippen LogP contribution is -2.36. The summed E-state index contributed by atoms with van der Waals surface area (Å²) in [6.07, 6.45) is 1.50. The van der Waals surface area contributed by atoms with Crippen molar-refractivity contribution in [1.82, 2.24) is 15.5 Å². The van der Waals surface area contributed by atoms with Gasteiger partial charge in [-0.05, 0) is 63.1 Å². The minimum Gasteiger partial charge on any atom is -0.374 e. The highest BCUT2D eigenvalue weighted by Crippen LogP contribution is 2.36. The zero-order chi connectivity index (χ0) is 21.5. The molecule has 3 atom stereocenters. The molecule has 31 heavy (non-hydrogen) atoms. The topological polar surface area (TPSA) is 62.3 Å². The van der Waals surface area contributed by atoms with E-state index >= 15 is 0 Å². The second kappa shape index (κ2) is 8.09. The number of hydrogen-bond donors (Lipinski definition) is 2. The number of morpholine rings is 1. The van der Waals surface area contributed by atoms with Crippen LogP contribution in [-0.4, -0.2) is 42.5 Å². The van der Waals surface area contributed by atoms with E-state index in [1.807, 2.05) is 7.05 Å². The van der Waals surface area contributed by atoms with Gasteiger partial charge in [0, 0.05) is 29.5 Å². The highest BCUT2D eigenvalue weighted by molar-refractivity contribution is 5.95. The van der Waals surface area contributed by atoms with E-state index in [4.69, 9.17) is 4.74 Å². The van der Waals surface area contributed by atoms with E-state index in [1.165, 1.54) is 22.4 Å². The Morgan fingerprint density at radius 3 is 2.77 bits per heavy atom. The number of nitrogens with zero attached hydrogens (tertiary/aromatic N) is 3. The molecule has 5 rings (SSSR count). The quantitative estimate of drug-likeness (QED) is 0.629. The van der Waals surface area contributed by atoms with Crippen molar-refractivity contribution in [2.75, 3.05) is 30.4 Å². The van der Waals surface area contributed by atoms with Gasteiger partial charge in [-0.2, -0.15) is 5.10 Å². The third-order valence-electron chi connectivity index (χ3n) is 6.88. The van der Waals surface area contributed by atoms with Crippen LogP contribution in [0.4, 0.5) is 11.5 Å². The summed E-state index contributed by atoms with van der Waals surface area (Å²) in [4.78, 5) is 2.49. The minimum atomic E-state index is 0.132. The van der Waals surface area contributed by atoms with E-state index in [9.17, 15) is 0 Å². The SMILES string of the molecule is CNCc1nnc(N[C@H](C)c2cccc(C)c2C)c2cc(N3C[C@H]4C[C@@H]3CO4)ccc12. The van der Waals surface area contributed by atoms with E-state index < -0.39 is 0 Å². The molecule has 3 aromatic rings. The Morgan fingerprint density at radius 2 is 2.03 bits per heavy atom. The summed E-state index contributed by atoms with van der Waals surface area (Å²) >= 11 is 0. The van der Waals surface area contributed by atoms with Crippen LogP contribution in [0.25, 0.3) is 10.8 Å². The van der Waals surface area contributed by atoms with Gasteiger partial charge in [-0.3, -0.25) is 0 Å². The molecule has 2 aromatic carbocycles. The smallest absolute Gasteiger partial charge is 0.157 e. The van der Waals surface area contributed by atoms with E-state index in [0.717, 1.165) is 41.9 Å². The van der Waals surface area contributed by atoms with Crippen LogP contribution in [0.5, 0.6) is 0 Å². The Hall–Kier alpha value is -2.70. The Morgan fingerprint density at radius 1 is 1.16 bits per heavy atom. The Balaban J connectivity index is 1.54. The number of ether oxygens (including phenoxy) is 1. The number of benzene rings is 2. The number of hydrogen-bond acceptors (Lipinski definition) is 6. The number of anilines is 2. The average molecular weight is 418 g/mol. The molecule has 162 valence electrons. The van der Waals surface area contributed by atoms with Crippen molar-refractivity contribution in [2.45, 2.75) is 51.9 Å². The van der Waals surface area contributed by atoms with E-state index in [-0.39, 0.29) is 6.04 Å². The molecule has 2 N–H and O–H groups in total. The van der Waals surface area contributed by atoms with E-state index in [0.29, 0.717) is 18.7 Å². The fourth-order valence-corrected chi connectivity index (χ4v) is 5.02. The van der Waals surface area contributed by atoms with Gasteiger partial charge < -0.3 is 20.3 Å². The maximum absolute atomic E-state index is 5.80. The zero-order valence-electron chi connectivity index (χ0n) is 18.8. The second-order valence-corrected chi connectivity index (χ2v) is 8.91. The molecule has 0 spiro atoms. The summed E-state index contributed by atoms with van der Waals surface area (Å²) in [5.41, 5.74) is 6.13. The lowest BCUT2D eigenvalue weighted by Gasteiger charge is -2.29. The number of rotatable bonds is 6. The molecule has 0 saturated carbocycles. The Bertz CT molecular complexity index is 1110. The lowest BCUT2D eigenvalue weighted by molar-refractivity contribution is 0.0991. The highest BCUT2D eigenvalue weighted by Gasteiger charge is 2.39. The van der Waals surface area contributed by atoms with Crippen LogP contribution in [0.3, 0.4) is 0 Å². The molecule has 2 bridgehead atoms. The van der Waals surface area contributed by atoms with Crippen molar-refractivity contribution < 1.29 is 4.74 Å². The Kier molecular flexibility index (Phi) is 5.28. The van der Waals surface area contributed by atoms with Gasteiger partial charge in [-0.15, -0.1) is 5.10 Å². The van der Waals surface area contributed by atoms with Crippen molar-refractivity contribution in [1.29, 1.82) is 0 Å². The van der Waals surface area contributed by atoms with E-state index in [1.54, 1.807) is 0 Å². The van der Waals surface area contributed by atoms with Gasteiger partial charge in [-0.1, -0.05) is 24.3 Å². The van der Waals surface area contributed by atoms with Crippen LogP contribution in [0.15, 0.2) is 36.4 Å². The molecule has 1 aromatic heterocycles. The fourth-order valence-electron chi connectivity index (χ4n) is 5.02. The fraction of sp³-hybridized carbons (Fsp3) is 0.440. The van der Waals surface area contributed by atoms with E-state index in [2.05, 4.69) is 82.9 Å². The Labute approximate surface area is 184 Å². The van der Waals surface area contributed by atoms with Crippen LogP contribution < -0.4 is 15.5 Å². The van der Waals surface area contributed by atoms with Gasteiger partial charge in [0.15, 0.2) is 5.82 Å². The summed E-state index contributed by atoms with van der Waals surface area (Å²) in [6, 6.07) is 13.8. The predicted molar refractivity (Wildman–Crippen MR) is 126 cm³/mol. The summed E-state index contributed by atoms with van der Waals surface area (Å²) < 4.78 is 5.80. The first-order valence-electron chi connectivity index (χ1n) is 11.2. The molecule has 2 fully saturated rings. The maximum Gasteiger partial charge on any atom is 0.157 e. The molecule has 2 saturated heterocycles. The first-order chi connectivity index (χ1) is 15.0. The van der Waals surface area contributed by atoms with Gasteiger partial charge in [-0.25, -0.2) is 0 Å². The van der Waals surface area contributed by atoms with Crippen LogP contribution in [-0.2, 0) is 11.3 Å². The highest BCUT2D eigenvalue weighted by atomic mass is 16.5. The average Bonchev–Trinajstić information content (AvgIpc) is 3.41. The number of aromatic nitrogens is 2. The van der Waals surface area contributed by atoms with Gasteiger partial charge in [0.05, 0.1) is 30.5 Å². The first kappa shape index (κ1) is 20.2. The monoisotopic (exact) mass is 417 g/mol. The molecule has 0 unspecified atom stereocenters. The van der Waals surface area contributed by atoms with Crippen LogP contribution in [0.1, 0.15) is 41.8 Å². The van der Waals surface area contributed by atoms with Crippen LogP contribution >= 0.6 is 0 Å². The second-order valence-electron chi connectivity index (χ2n) is 8.91. The molecule has 0 aliphatic carbocycles. The third-order valence-corrected chi connectivity index (χ3v) is 6.88.